The lowest BCUT2D eigenvalue weighted by molar-refractivity contribution is -0.342. The van der Waals surface area contributed by atoms with Crippen molar-refractivity contribution in [2.45, 2.75) is 45.8 Å². The Morgan fingerprint density at radius 1 is 1.20 bits per heavy atom. The van der Waals surface area contributed by atoms with E-state index in [4.69, 9.17) is 4.74 Å². The molecule has 0 saturated heterocycles. The monoisotopic (exact) mass is 216 g/mol. The molecule has 0 rings (SSSR count). The summed E-state index contributed by atoms with van der Waals surface area (Å²) in [7, 11) is 0. The van der Waals surface area contributed by atoms with Gasteiger partial charge >= 0.3 is 0 Å². The Kier molecular flexibility index (Phi) is 4.74. The molecule has 0 radical (unpaired) electrons. The van der Waals surface area contributed by atoms with Crippen LogP contribution >= 0.6 is 0 Å². The lowest BCUT2D eigenvalue weighted by atomic mass is 9.86. The van der Waals surface area contributed by atoms with Crippen LogP contribution in [-0.4, -0.2) is 23.6 Å². The molecule has 1 atom stereocenters. The van der Waals surface area contributed by atoms with Crippen LogP contribution in [0.4, 0.5) is 0 Å². The van der Waals surface area contributed by atoms with Gasteiger partial charge in [0.2, 0.25) is 0 Å². The number of ether oxygens (including phenoxy) is 1. The fraction of sp³-hybridized carbons (Fsp3) is 0.800. The maximum atomic E-state index is 11.0. The van der Waals surface area contributed by atoms with Crippen molar-refractivity contribution in [2.24, 2.45) is 5.92 Å². The van der Waals surface area contributed by atoms with Crippen LogP contribution in [0, 0.1) is 5.92 Å². The Labute approximate surface area is 89.0 Å². The zero-order valence-corrected chi connectivity index (χ0v) is 9.40. The highest BCUT2D eigenvalue weighted by molar-refractivity contribution is 5.82. The van der Waals surface area contributed by atoms with Crippen LogP contribution in [0.5, 0.6) is 0 Å². The number of hydrogen-bond donors (Lipinski definition) is 0. The maximum absolute atomic E-state index is 11.0. The minimum Gasteiger partial charge on any atom is -0.550 e. The average molecular weight is 216 g/mol. The van der Waals surface area contributed by atoms with E-state index < -0.39 is 36.0 Å². The van der Waals surface area contributed by atoms with Gasteiger partial charge in [-0.1, -0.05) is 13.8 Å². The van der Waals surface area contributed by atoms with E-state index in [2.05, 4.69) is 0 Å². The normalized spacial score (nSPS) is 15.3. The lowest BCUT2D eigenvalue weighted by Crippen LogP contribution is -2.57. The van der Waals surface area contributed by atoms with Crippen molar-refractivity contribution in [1.29, 1.82) is 0 Å². The molecule has 88 valence electrons. The van der Waals surface area contributed by atoms with Crippen molar-refractivity contribution < 1.29 is 24.5 Å². The third-order valence-electron chi connectivity index (χ3n) is 2.13. The number of carboxylic acids is 2. The van der Waals surface area contributed by atoms with Crippen molar-refractivity contribution in [2.75, 3.05) is 0 Å². The summed E-state index contributed by atoms with van der Waals surface area (Å²) >= 11 is 0. The van der Waals surface area contributed by atoms with E-state index in [0.29, 0.717) is 0 Å². The standard InChI is InChI=1S/C10H18O5/c1-6(2)10(9(13)14,5-8(11)12)15-7(3)4/h6-7H,5H2,1-4H3,(H,11,12)(H,13,14)/p-2/t10-/m0/s1. The van der Waals surface area contributed by atoms with Crippen LogP contribution in [0.2, 0.25) is 0 Å². The third-order valence-corrected chi connectivity index (χ3v) is 2.13. The highest BCUT2D eigenvalue weighted by Crippen LogP contribution is 2.27. The van der Waals surface area contributed by atoms with Crippen LogP contribution < -0.4 is 10.2 Å². The molecule has 5 heteroatoms. The molecule has 15 heavy (non-hydrogen) atoms. The molecular weight excluding hydrogens is 200 g/mol. The van der Waals surface area contributed by atoms with Crippen molar-refractivity contribution in [3.05, 3.63) is 0 Å². The fourth-order valence-corrected chi connectivity index (χ4v) is 1.37. The third kappa shape index (κ3) is 3.51. The SMILES string of the molecule is CC(C)O[C@](CC(=O)[O-])(C(=O)[O-])C(C)C. The van der Waals surface area contributed by atoms with E-state index >= 15 is 0 Å². The van der Waals surface area contributed by atoms with Gasteiger partial charge in [-0.3, -0.25) is 0 Å². The first-order chi connectivity index (χ1) is 6.72. The average Bonchev–Trinajstić information content (AvgIpc) is 1.99. The maximum Gasteiger partial charge on any atom is 0.115 e. The molecule has 0 aliphatic carbocycles. The summed E-state index contributed by atoms with van der Waals surface area (Å²) in [6.45, 7) is 6.41. The van der Waals surface area contributed by atoms with Gasteiger partial charge in [0.25, 0.3) is 0 Å². The topological polar surface area (TPSA) is 89.5 Å². The van der Waals surface area contributed by atoms with Crippen LogP contribution in [-0.2, 0) is 14.3 Å². The summed E-state index contributed by atoms with van der Waals surface area (Å²) < 4.78 is 5.19. The predicted octanol–water partition coefficient (Wildman–Crippen LogP) is -1.30. The summed E-state index contributed by atoms with van der Waals surface area (Å²) in [6, 6.07) is 0. The van der Waals surface area contributed by atoms with Gasteiger partial charge in [0.05, 0.1) is 12.1 Å². The van der Waals surface area contributed by atoms with Gasteiger partial charge in [0, 0.05) is 12.4 Å². The first kappa shape index (κ1) is 13.9. The molecule has 0 fully saturated rings. The van der Waals surface area contributed by atoms with Crippen molar-refractivity contribution in [3.63, 3.8) is 0 Å². The highest BCUT2D eigenvalue weighted by Gasteiger charge is 2.37. The zero-order chi connectivity index (χ0) is 12.2. The van der Waals surface area contributed by atoms with Crippen molar-refractivity contribution in [3.8, 4) is 0 Å². The molecule has 0 spiro atoms. The number of rotatable bonds is 6. The summed E-state index contributed by atoms with van der Waals surface area (Å²) in [5, 5.41) is 21.5. The predicted molar refractivity (Wildman–Crippen MR) is 48.4 cm³/mol. The highest BCUT2D eigenvalue weighted by atomic mass is 16.5. The minimum absolute atomic E-state index is 0.398. The van der Waals surface area contributed by atoms with Gasteiger partial charge in [-0.15, -0.1) is 0 Å². The zero-order valence-electron chi connectivity index (χ0n) is 9.40. The quantitative estimate of drug-likeness (QED) is 0.550. The molecule has 0 aliphatic heterocycles. The van der Waals surface area contributed by atoms with E-state index in [0.717, 1.165) is 0 Å². The minimum atomic E-state index is -1.81. The Bertz CT molecular complexity index is 246. The van der Waals surface area contributed by atoms with Crippen LogP contribution in [0.15, 0.2) is 0 Å². The molecule has 0 aromatic heterocycles. The van der Waals surface area contributed by atoms with Gasteiger partial charge in [0.1, 0.15) is 5.60 Å². The van der Waals surface area contributed by atoms with Gasteiger partial charge in [-0.05, 0) is 19.8 Å². The largest absolute Gasteiger partial charge is 0.550 e. The van der Waals surface area contributed by atoms with Gasteiger partial charge < -0.3 is 24.5 Å². The molecule has 0 unspecified atom stereocenters. The Balaban J connectivity index is 5.07. The summed E-state index contributed by atoms with van der Waals surface area (Å²) in [4.78, 5) is 21.5. The molecule has 0 saturated carbocycles. The smallest absolute Gasteiger partial charge is 0.115 e. The Hall–Kier alpha value is -1.10. The van der Waals surface area contributed by atoms with E-state index in [9.17, 15) is 19.8 Å². The Morgan fingerprint density at radius 2 is 1.67 bits per heavy atom. The first-order valence-electron chi connectivity index (χ1n) is 4.81. The van der Waals surface area contributed by atoms with Gasteiger partial charge in [-0.25, -0.2) is 0 Å². The van der Waals surface area contributed by atoms with Crippen molar-refractivity contribution >= 4 is 11.9 Å². The number of aliphatic carboxylic acids is 2. The summed E-state index contributed by atoms with van der Waals surface area (Å²) in [5.74, 6) is -3.49. The number of carbonyl (C=O) groups is 2. The number of carbonyl (C=O) groups excluding carboxylic acids is 2. The Morgan fingerprint density at radius 3 is 1.87 bits per heavy atom. The molecule has 0 aliphatic rings. The van der Waals surface area contributed by atoms with Crippen LogP contribution in [0.3, 0.4) is 0 Å². The molecule has 5 nitrogen and oxygen atoms in total. The number of carboxylic acid groups (broad SMARTS) is 2. The van der Waals surface area contributed by atoms with Gasteiger partial charge in [0.15, 0.2) is 0 Å². The molecule has 0 aromatic rings. The van der Waals surface area contributed by atoms with E-state index in [1.807, 2.05) is 0 Å². The van der Waals surface area contributed by atoms with Crippen LogP contribution in [0.25, 0.3) is 0 Å². The van der Waals surface area contributed by atoms with E-state index in [1.54, 1.807) is 27.7 Å². The van der Waals surface area contributed by atoms with Crippen LogP contribution in [0.1, 0.15) is 34.1 Å². The molecular formula is C10H16O5-2. The molecule has 0 bridgehead atoms. The fourth-order valence-electron chi connectivity index (χ4n) is 1.37. The second-order valence-electron chi connectivity index (χ2n) is 4.05. The summed E-state index contributed by atoms with van der Waals surface area (Å²) in [6.07, 6.45) is -1.10. The molecule has 0 aromatic carbocycles. The number of hydrogen-bond acceptors (Lipinski definition) is 5. The second kappa shape index (κ2) is 5.11. The van der Waals surface area contributed by atoms with E-state index in [-0.39, 0.29) is 0 Å². The van der Waals surface area contributed by atoms with E-state index in [1.165, 1.54) is 0 Å². The van der Waals surface area contributed by atoms with Gasteiger partial charge in [-0.2, -0.15) is 0 Å². The first-order valence-corrected chi connectivity index (χ1v) is 4.81. The summed E-state index contributed by atoms with van der Waals surface area (Å²) in [5.41, 5.74) is -1.81. The second-order valence-corrected chi connectivity index (χ2v) is 4.05. The van der Waals surface area contributed by atoms with Crippen molar-refractivity contribution in [1.82, 2.24) is 0 Å². The molecule has 0 N–H and O–H groups in total. The molecule has 0 amide bonds. The molecule has 0 heterocycles. The lowest BCUT2D eigenvalue weighted by Gasteiger charge is -2.40.